The highest BCUT2D eigenvalue weighted by molar-refractivity contribution is 9.09. The van der Waals surface area contributed by atoms with Gasteiger partial charge in [0.1, 0.15) is 0 Å². The molecule has 0 radical (unpaired) electrons. The molecule has 3 nitrogen and oxygen atoms in total. The van der Waals surface area contributed by atoms with E-state index in [0.717, 1.165) is 17.2 Å². The lowest BCUT2D eigenvalue weighted by atomic mass is 9.90. The van der Waals surface area contributed by atoms with E-state index in [0.29, 0.717) is 17.4 Å². The third-order valence-electron chi connectivity index (χ3n) is 4.34. The number of ether oxygens (including phenoxy) is 3. The normalized spacial score (nSPS) is 23.4. The van der Waals surface area contributed by atoms with Crippen LogP contribution in [0.15, 0.2) is 12.1 Å². The van der Waals surface area contributed by atoms with Crippen molar-refractivity contribution in [2.24, 2.45) is 11.8 Å². The van der Waals surface area contributed by atoms with Gasteiger partial charge in [0.05, 0.1) is 21.3 Å². The predicted molar refractivity (Wildman–Crippen MR) is 84.3 cm³/mol. The molecule has 1 aliphatic carbocycles. The number of rotatable bonds is 5. The summed E-state index contributed by atoms with van der Waals surface area (Å²) in [6, 6.07) is 4.02. The maximum absolute atomic E-state index is 5.59. The number of benzene rings is 1. The fraction of sp³-hybridized carbons (Fsp3) is 0.625. The fourth-order valence-electron chi connectivity index (χ4n) is 3.18. The van der Waals surface area contributed by atoms with Crippen LogP contribution in [0.5, 0.6) is 17.2 Å². The average Bonchev–Trinajstić information content (AvgIpc) is 2.90. The monoisotopic (exact) mass is 342 g/mol. The van der Waals surface area contributed by atoms with Crippen LogP contribution in [0.2, 0.25) is 0 Å². The van der Waals surface area contributed by atoms with Crippen LogP contribution in [-0.4, -0.2) is 21.3 Å². The molecule has 2 rings (SSSR count). The second-order valence-electron chi connectivity index (χ2n) is 5.40. The van der Waals surface area contributed by atoms with Crippen LogP contribution in [0.3, 0.4) is 0 Å². The fourth-order valence-corrected chi connectivity index (χ4v) is 4.33. The van der Waals surface area contributed by atoms with Gasteiger partial charge in [-0.2, -0.15) is 0 Å². The molecule has 0 saturated heterocycles. The highest BCUT2D eigenvalue weighted by Gasteiger charge is 2.33. The van der Waals surface area contributed by atoms with Gasteiger partial charge in [0.15, 0.2) is 11.5 Å². The zero-order chi connectivity index (χ0) is 14.7. The highest BCUT2D eigenvalue weighted by Crippen LogP contribution is 2.50. The molecule has 0 spiro atoms. The van der Waals surface area contributed by atoms with Crippen molar-refractivity contribution in [3.8, 4) is 17.2 Å². The molecular weight excluding hydrogens is 320 g/mol. The minimum absolute atomic E-state index is 0.287. The first-order valence-electron chi connectivity index (χ1n) is 7.07. The summed E-state index contributed by atoms with van der Waals surface area (Å²) >= 11 is 3.88. The third kappa shape index (κ3) is 2.76. The quantitative estimate of drug-likeness (QED) is 0.732. The van der Waals surface area contributed by atoms with Gasteiger partial charge >= 0.3 is 0 Å². The van der Waals surface area contributed by atoms with Crippen LogP contribution < -0.4 is 14.2 Å². The van der Waals surface area contributed by atoms with E-state index in [-0.39, 0.29) is 4.83 Å². The summed E-state index contributed by atoms with van der Waals surface area (Å²) in [5, 5.41) is 0. The van der Waals surface area contributed by atoms with E-state index < -0.39 is 0 Å². The number of hydrogen-bond acceptors (Lipinski definition) is 3. The molecule has 1 aliphatic rings. The van der Waals surface area contributed by atoms with Crippen molar-refractivity contribution < 1.29 is 14.2 Å². The van der Waals surface area contributed by atoms with Gasteiger partial charge in [0.25, 0.3) is 0 Å². The van der Waals surface area contributed by atoms with Crippen molar-refractivity contribution in [2.75, 3.05) is 21.3 Å². The van der Waals surface area contributed by atoms with Crippen molar-refractivity contribution in [2.45, 2.75) is 31.0 Å². The number of hydrogen-bond donors (Lipinski definition) is 0. The van der Waals surface area contributed by atoms with Gasteiger partial charge in [-0.3, -0.25) is 0 Å². The van der Waals surface area contributed by atoms with Crippen LogP contribution in [0.1, 0.15) is 36.6 Å². The zero-order valence-corrected chi connectivity index (χ0v) is 14.2. The lowest BCUT2D eigenvalue weighted by molar-refractivity contribution is 0.318. The van der Waals surface area contributed by atoms with Gasteiger partial charge in [0.2, 0.25) is 5.75 Å². The van der Waals surface area contributed by atoms with Crippen molar-refractivity contribution in [1.29, 1.82) is 0 Å². The molecule has 1 saturated carbocycles. The van der Waals surface area contributed by atoms with E-state index in [1.54, 1.807) is 21.3 Å². The van der Waals surface area contributed by atoms with Crippen LogP contribution in [0, 0.1) is 11.8 Å². The van der Waals surface area contributed by atoms with Crippen molar-refractivity contribution in [1.82, 2.24) is 0 Å². The molecule has 3 atom stereocenters. The molecule has 20 heavy (non-hydrogen) atoms. The maximum Gasteiger partial charge on any atom is 0.203 e. The molecule has 4 heteroatoms. The van der Waals surface area contributed by atoms with Crippen LogP contribution in [0.25, 0.3) is 0 Å². The second-order valence-corrected chi connectivity index (χ2v) is 6.38. The molecule has 0 amide bonds. The van der Waals surface area contributed by atoms with Gasteiger partial charge in [0, 0.05) is 10.4 Å². The van der Waals surface area contributed by atoms with Crippen LogP contribution >= 0.6 is 15.9 Å². The minimum atomic E-state index is 0.287. The van der Waals surface area contributed by atoms with Crippen molar-refractivity contribution >= 4 is 15.9 Å². The Kier molecular flexibility index (Phi) is 5.19. The van der Waals surface area contributed by atoms with Crippen molar-refractivity contribution in [3.05, 3.63) is 17.7 Å². The van der Waals surface area contributed by atoms with E-state index >= 15 is 0 Å². The third-order valence-corrected chi connectivity index (χ3v) is 5.51. The van der Waals surface area contributed by atoms with Crippen molar-refractivity contribution in [3.63, 3.8) is 0 Å². The molecule has 0 N–H and O–H groups in total. The molecule has 1 fully saturated rings. The van der Waals surface area contributed by atoms with E-state index in [2.05, 4.69) is 28.9 Å². The summed E-state index contributed by atoms with van der Waals surface area (Å²) in [4.78, 5) is 0.287. The van der Waals surface area contributed by atoms with Gasteiger partial charge in [-0.05, 0) is 24.3 Å². The summed E-state index contributed by atoms with van der Waals surface area (Å²) in [7, 11) is 4.96. The first kappa shape index (κ1) is 15.5. The molecule has 0 bridgehead atoms. The summed E-state index contributed by atoms with van der Waals surface area (Å²) in [5.41, 5.74) is 1.14. The average molecular weight is 343 g/mol. The Morgan fingerprint density at radius 1 is 1.05 bits per heavy atom. The molecule has 112 valence electrons. The lowest BCUT2D eigenvalue weighted by Gasteiger charge is -2.25. The van der Waals surface area contributed by atoms with E-state index in [4.69, 9.17) is 14.2 Å². The maximum atomic E-state index is 5.59. The molecule has 0 aromatic heterocycles. The standard InChI is InChI=1S/C16H23BrO3/c1-10-6-5-7-11(10)14(17)12-8-9-13(18-2)16(20-4)15(12)19-3/h8-11,14H,5-7H2,1-4H3. The van der Waals surface area contributed by atoms with Crippen LogP contribution in [0.4, 0.5) is 0 Å². The van der Waals surface area contributed by atoms with Gasteiger partial charge in [-0.25, -0.2) is 0 Å². The molecule has 1 aromatic rings. The topological polar surface area (TPSA) is 27.7 Å². The summed E-state index contributed by atoms with van der Waals surface area (Å²) < 4.78 is 16.4. The molecule has 3 unspecified atom stereocenters. The van der Waals surface area contributed by atoms with Gasteiger partial charge in [-0.1, -0.05) is 41.8 Å². The van der Waals surface area contributed by atoms with Crippen LogP contribution in [-0.2, 0) is 0 Å². The minimum Gasteiger partial charge on any atom is -0.493 e. The predicted octanol–water partition coefficient (Wildman–Crippen LogP) is 4.58. The molecule has 1 aromatic carbocycles. The van der Waals surface area contributed by atoms with Gasteiger partial charge in [-0.15, -0.1) is 0 Å². The summed E-state index contributed by atoms with van der Waals surface area (Å²) in [6.07, 6.45) is 3.88. The Balaban J connectivity index is 2.40. The Hall–Kier alpha value is -0.900. The molecule has 0 aliphatic heterocycles. The van der Waals surface area contributed by atoms with E-state index in [1.807, 2.05) is 6.07 Å². The molecule has 0 heterocycles. The van der Waals surface area contributed by atoms with E-state index in [1.165, 1.54) is 19.3 Å². The number of alkyl halides is 1. The Bertz CT molecular complexity index is 461. The second kappa shape index (κ2) is 6.70. The zero-order valence-electron chi connectivity index (χ0n) is 12.6. The van der Waals surface area contributed by atoms with E-state index in [9.17, 15) is 0 Å². The number of methoxy groups -OCH3 is 3. The Labute approximate surface area is 129 Å². The summed E-state index contributed by atoms with van der Waals surface area (Å²) in [5.74, 6) is 3.52. The first-order valence-corrected chi connectivity index (χ1v) is 7.98. The van der Waals surface area contributed by atoms with Gasteiger partial charge < -0.3 is 14.2 Å². The number of halogens is 1. The summed E-state index contributed by atoms with van der Waals surface area (Å²) in [6.45, 7) is 2.33. The highest BCUT2D eigenvalue weighted by atomic mass is 79.9. The largest absolute Gasteiger partial charge is 0.493 e. The Morgan fingerprint density at radius 2 is 1.75 bits per heavy atom. The lowest BCUT2D eigenvalue weighted by Crippen LogP contribution is -2.12. The Morgan fingerprint density at radius 3 is 2.25 bits per heavy atom. The first-order chi connectivity index (χ1) is 9.63. The SMILES string of the molecule is COc1ccc(C(Br)C2CCCC2C)c(OC)c1OC. The molecular formula is C16H23BrO3. The smallest absolute Gasteiger partial charge is 0.203 e.